The largest absolute Gasteiger partial charge is 1.00 e. The molecular weight excluding hydrogens is 283 g/mol. The Kier molecular flexibility index (Phi) is 6.10. The molecule has 0 aromatic heterocycles. The molecule has 0 saturated carbocycles. The van der Waals surface area contributed by atoms with Crippen molar-refractivity contribution in [1.29, 1.82) is 0 Å². The molecule has 2 rings (SSSR count). The third kappa shape index (κ3) is 2.87. The standard InChI is InChI=1S/C15H12O4.K.H/c16-13(17)15(14(18)19,11-7-3-1-4-8-11)12-9-5-2-6-10-12;;/h1-10H,(H,16,17)(H,18,19);;/q;+1;-1. The fraction of sp³-hybridized carbons (Fsp3) is 0.0667. The van der Waals surface area contributed by atoms with Gasteiger partial charge in [0.2, 0.25) is 5.41 Å². The van der Waals surface area contributed by atoms with Crippen molar-refractivity contribution in [3.05, 3.63) is 71.8 Å². The molecular formula is C15H13KO4. The fourth-order valence-corrected chi connectivity index (χ4v) is 2.13. The molecule has 4 nitrogen and oxygen atoms in total. The summed E-state index contributed by atoms with van der Waals surface area (Å²) in [7, 11) is 0. The second-order valence-corrected chi connectivity index (χ2v) is 4.09. The van der Waals surface area contributed by atoms with E-state index in [4.69, 9.17) is 0 Å². The molecule has 0 bridgehead atoms. The SMILES string of the molecule is O=C(O)C(C(=O)O)(c1ccccc1)c1ccccc1.[H-].[K+]. The maximum Gasteiger partial charge on any atom is 1.00 e. The first-order valence-electron chi connectivity index (χ1n) is 5.68. The summed E-state index contributed by atoms with van der Waals surface area (Å²) in [5, 5.41) is 19.0. The summed E-state index contributed by atoms with van der Waals surface area (Å²) in [4.78, 5) is 23.4. The Morgan fingerprint density at radius 2 is 1.05 bits per heavy atom. The van der Waals surface area contributed by atoms with Crippen molar-refractivity contribution < 1.29 is 72.6 Å². The van der Waals surface area contributed by atoms with Gasteiger partial charge in [-0.05, 0) is 11.1 Å². The Bertz CT molecular complexity index is 546. The normalized spacial score (nSPS) is 10.4. The molecule has 2 N–H and O–H groups in total. The maximum absolute atomic E-state index is 11.7. The third-order valence-corrected chi connectivity index (χ3v) is 3.06. The number of aliphatic carboxylic acids is 2. The number of hydrogen-bond donors (Lipinski definition) is 2. The van der Waals surface area contributed by atoms with Gasteiger partial charge in [0.05, 0.1) is 0 Å². The first-order valence-corrected chi connectivity index (χ1v) is 5.68. The Hall–Kier alpha value is -0.984. The molecule has 20 heavy (non-hydrogen) atoms. The average molecular weight is 296 g/mol. The van der Waals surface area contributed by atoms with Crippen LogP contribution in [0.3, 0.4) is 0 Å². The molecule has 0 spiro atoms. The summed E-state index contributed by atoms with van der Waals surface area (Å²) in [6, 6.07) is 16.0. The molecule has 0 heterocycles. The van der Waals surface area contributed by atoms with Gasteiger partial charge in [-0.1, -0.05) is 60.7 Å². The molecule has 0 amide bonds. The number of rotatable bonds is 4. The quantitative estimate of drug-likeness (QED) is 0.575. The van der Waals surface area contributed by atoms with Crippen LogP contribution in [0.15, 0.2) is 60.7 Å². The van der Waals surface area contributed by atoms with Crippen LogP contribution in [0.5, 0.6) is 0 Å². The summed E-state index contributed by atoms with van der Waals surface area (Å²) in [5.74, 6) is -2.81. The van der Waals surface area contributed by atoms with E-state index in [2.05, 4.69) is 0 Å². The van der Waals surface area contributed by atoms with E-state index in [1.807, 2.05) is 0 Å². The summed E-state index contributed by atoms with van der Waals surface area (Å²) >= 11 is 0. The van der Waals surface area contributed by atoms with Gasteiger partial charge in [-0.2, -0.15) is 0 Å². The van der Waals surface area contributed by atoms with Crippen molar-refractivity contribution in [3.63, 3.8) is 0 Å². The maximum atomic E-state index is 11.7. The number of carboxylic acids is 2. The van der Waals surface area contributed by atoms with Gasteiger partial charge in [0.1, 0.15) is 0 Å². The molecule has 5 heteroatoms. The molecule has 0 unspecified atom stereocenters. The van der Waals surface area contributed by atoms with Gasteiger partial charge in [0.15, 0.2) is 0 Å². The van der Waals surface area contributed by atoms with Gasteiger partial charge >= 0.3 is 63.3 Å². The third-order valence-electron chi connectivity index (χ3n) is 3.06. The second-order valence-electron chi connectivity index (χ2n) is 4.09. The zero-order valence-corrected chi connectivity index (χ0v) is 14.1. The van der Waals surface area contributed by atoms with E-state index in [0.29, 0.717) is 0 Å². The molecule has 0 aliphatic carbocycles. The van der Waals surface area contributed by atoms with Gasteiger partial charge in [0, 0.05) is 0 Å². The van der Waals surface area contributed by atoms with Gasteiger partial charge < -0.3 is 11.6 Å². The van der Waals surface area contributed by atoms with Crippen LogP contribution in [0.4, 0.5) is 0 Å². The Morgan fingerprint density at radius 3 is 1.30 bits per heavy atom. The molecule has 0 atom stereocenters. The first kappa shape index (κ1) is 17.1. The molecule has 2 aromatic rings. The summed E-state index contributed by atoms with van der Waals surface area (Å²) in [6.45, 7) is 0. The van der Waals surface area contributed by atoms with Crippen molar-refractivity contribution in [3.8, 4) is 0 Å². The fourth-order valence-electron chi connectivity index (χ4n) is 2.13. The second kappa shape index (κ2) is 7.15. The molecule has 2 aromatic carbocycles. The van der Waals surface area contributed by atoms with E-state index >= 15 is 0 Å². The van der Waals surface area contributed by atoms with Crippen LogP contribution >= 0.6 is 0 Å². The predicted molar refractivity (Wildman–Crippen MR) is 70.0 cm³/mol. The van der Waals surface area contributed by atoms with Gasteiger partial charge in [-0.25, -0.2) is 0 Å². The minimum atomic E-state index is -2.08. The van der Waals surface area contributed by atoms with Gasteiger partial charge in [-0.3, -0.25) is 9.59 Å². The molecule has 0 radical (unpaired) electrons. The van der Waals surface area contributed by atoms with Crippen LogP contribution in [0.25, 0.3) is 0 Å². The van der Waals surface area contributed by atoms with Crippen LogP contribution < -0.4 is 51.4 Å². The zero-order valence-electron chi connectivity index (χ0n) is 12.0. The van der Waals surface area contributed by atoms with Crippen LogP contribution in [-0.2, 0) is 15.0 Å². The average Bonchev–Trinajstić information content (AvgIpc) is 2.41. The van der Waals surface area contributed by atoms with Crippen molar-refractivity contribution in [2.45, 2.75) is 5.41 Å². The van der Waals surface area contributed by atoms with E-state index in [1.165, 1.54) is 24.3 Å². The summed E-state index contributed by atoms with van der Waals surface area (Å²) < 4.78 is 0. The summed E-state index contributed by atoms with van der Waals surface area (Å²) in [5.41, 5.74) is -1.63. The topological polar surface area (TPSA) is 74.6 Å². The van der Waals surface area contributed by atoms with E-state index < -0.39 is 17.4 Å². The minimum Gasteiger partial charge on any atom is -1.00 e. The van der Waals surface area contributed by atoms with E-state index in [9.17, 15) is 19.8 Å². The van der Waals surface area contributed by atoms with Gasteiger partial charge in [0.25, 0.3) is 0 Å². The zero-order chi connectivity index (χ0) is 13.9. The Morgan fingerprint density at radius 1 is 0.750 bits per heavy atom. The van der Waals surface area contributed by atoms with Crippen molar-refractivity contribution in [2.24, 2.45) is 0 Å². The monoisotopic (exact) mass is 296 g/mol. The molecule has 0 aliphatic rings. The van der Waals surface area contributed by atoms with Crippen LogP contribution in [0.2, 0.25) is 0 Å². The smallest absolute Gasteiger partial charge is 1.00 e. The van der Waals surface area contributed by atoms with Crippen LogP contribution in [-0.4, -0.2) is 22.2 Å². The van der Waals surface area contributed by atoms with E-state index in [-0.39, 0.29) is 63.9 Å². The minimum absolute atomic E-state index is 0. The summed E-state index contributed by atoms with van der Waals surface area (Å²) in [6.07, 6.45) is 0. The van der Waals surface area contributed by atoms with Crippen molar-refractivity contribution >= 4 is 11.9 Å². The predicted octanol–water partition coefficient (Wildman–Crippen LogP) is -0.742. The Balaban J connectivity index is 0.00000200. The number of hydrogen-bond acceptors (Lipinski definition) is 2. The number of carbonyl (C=O) groups is 2. The number of benzene rings is 2. The first-order chi connectivity index (χ1) is 9.10. The van der Waals surface area contributed by atoms with Crippen LogP contribution in [0.1, 0.15) is 12.6 Å². The van der Waals surface area contributed by atoms with Gasteiger partial charge in [-0.15, -0.1) is 0 Å². The molecule has 0 fully saturated rings. The van der Waals surface area contributed by atoms with E-state index in [1.54, 1.807) is 36.4 Å². The molecule has 0 saturated heterocycles. The van der Waals surface area contributed by atoms with E-state index in [0.717, 1.165) is 0 Å². The number of carboxylic acid groups (broad SMARTS) is 2. The molecule has 98 valence electrons. The van der Waals surface area contributed by atoms with Crippen molar-refractivity contribution in [1.82, 2.24) is 0 Å². The molecule has 0 aliphatic heterocycles. The van der Waals surface area contributed by atoms with Crippen molar-refractivity contribution in [2.75, 3.05) is 0 Å². The Labute approximate surface area is 160 Å². The van der Waals surface area contributed by atoms with Crippen LogP contribution in [0, 0.1) is 0 Å².